The van der Waals surface area contributed by atoms with Crippen molar-refractivity contribution in [3.05, 3.63) is 65.0 Å². The molecule has 3 nitrogen and oxygen atoms in total. The molecule has 2 aromatic rings. The van der Waals surface area contributed by atoms with Crippen LogP contribution in [0, 0.1) is 0 Å². The van der Waals surface area contributed by atoms with E-state index in [1.165, 1.54) is 17.5 Å². The van der Waals surface area contributed by atoms with E-state index in [1.807, 2.05) is 25.2 Å². The fourth-order valence-electron chi connectivity index (χ4n) is 2.76. The average molecular weight is 266 g/mol. The lowest BCUT2D eigenvalue weighted by Crippen LogP contribution is -2.26. The van der Waals surface area contributed by atoms with E-state index in [0.29, 0.717) is 6.54 Å². The smallest absolute Gasteiger partial charge is 0.253 e. The minimum absolute atomic E-state index is 0.0727. The molecule has 0 bridgehead atoms. The zero-order valence-corrected chi connectivity index (χ0v) is 11.7. The normalized spacial score (nSPS) is 13.1. The topological polar surface area (TPSA) is 33.2 Å². The number of hydrogen-bond acceptors (Lipinski definition) is 2. The molecule has 0 spiro atoms. The van der Waals surface area contributed by atoms with Gasteiger partial charge in [0.25, 0.3) is 5.91 Å². The van der Waals surface area contributed by atoms with Crippen molar-refractivity contribution in [3.8, 4) is 0 Å². The number of rotatable bonds is 3. The Morgan fingerprint density at radius 2 is 2.10 bits per heavy atom. The lowest BCUT2D eigenvalue weighted by molar-refractivity contribution is 0.0785. The quantitative estimate of drug-likeness (QED) is 0.856. The van der Waals surface area contributed by atoms with E-state index in [9.17, 15) is 4.79 Å². The zero-order chi connectivity index (χ0) is 13.9. The molecule has 1 heterocycles. The Hall–Kier alpha value is -2.16. The second-order valence-electron chi connectivity index (χ2n) is 5.36. The van der Waals surface area contributed by atoms with Gasteiger partial charge in [0.15, 0.2) is 0 Å². The first-order chi connectivity index (χ1) is 9.74. The van der Waals surface area contributed by atoms with Crippen LogP contribution < -0.4 is 0 Å². The molecule has 3 heteroatoms. The summed E-state index contributed by atoms with van der Waals surface area (Å²) in [4.78, 5) is 18.3. The summed E-state index contributed by atoms with van der Waals surface area (Å²) >= 11 is 0. The minimum Gasteiger partial charge on any atom is -0.337 e. The van der Waals surface area contributed by atoms with Gasteiger partial charge in [-0.1, -0.05) is 12.1 Å². The van der Waals surface area contributed by atoms with Crippen molar-refractivity contribution in [2.75, 3.05) is 7.05 Å². The summed E-state index contributed by atoms with van der Waals surface area (Å²) in [6.07, 6.45) is 6.99. The van der Waals surface area contributed by atoms with Crippen molar-refractivity contribution in [2.45, 2.75) is 25.8 Å². The van der Waals surface area contributed by atoms with Gasteiger partial charge in [0.2, 0.25) is 0 Å². The fraction of sp³-hybridized carbons (Fsp3) is 0.294. The van der Waals surface area contributed by atoms with Gasteiger partial charge in [0, 0.05) is 31.5 Å². The van der Waals surface area contributed by atoms with Gasteiger partial charge in [-0.05, 0) is 54.2 Å². The second kappa shape index (κ2) is 5.45. The number of nitrogens with zero attached hydrogens (tertiary/aromatic N) is 2. The Morgan fingerprint density at radius 3 is 2.90 bits per heavy atom. The molecule has 1 aromatic carbocycles. The van der Waals surface area contributed by atoms with Crippen LogP contribution in [0.4, 0.5) is 0 Å². The molecule has 0 unspecified atom stereocenters. The zero-order valence-electron chi connectivity index (χ0n) is 11.7. The average Bonchev–Trinajstić information content (AvgIpc) is 2.94. The summed E-state index contributed by atoms with van der Waals surface area (Å²) < 4.78 is 0. The molecule has 0 aliphatic heterocycles. The Kier molecular flexibility index (Phi) is 3.50. The van der Waals surface area contributed by atoms with E-state index < -0.39 is 0 Å². The van der Waals surface area contributed by atoms with E-state index >= 15 is 0 Å². The molecular formula is C17H18N2O. The first-order valence-corrected chi connectivity index (χ1v) is 7.00. The van der Waals surface area contributed by atoms with E-state index in [2.05, 4.69) is 17.1 Å². The highest BCUT2D eigenvalue weighted by molar-refractivity contribution is 5.94. The van der Waals surface area contributed by atoms with Gasteiger partial charge in [0.1, 0.15) is 0 Å². The third-order valence-electron chi connectivity index (χ3n) is 3.83. The maximum Gasteiger partial charge on any atom is 0.253 e. The molecule has 1 amide bonds. The summed E-state index contributed by atoms with van der Waals surface area (Å²) in [6, 6.07) is 9.99. The lowest BCUT2D eigenvalue weighted by atomic mass is 10.1. The number of carbonyl (C=O) groups is 1. The minimum atomic E-state index is 0.0727. The number of benzene rings is 1. The summed E-state index contributed by atoms with van der Waals surface area (Å²) in [5, 5.41) is 0. The van der Waals surface area contributed by atoms with E-state index in [0.717, 1.165) is 24.0 Å². The van der Waals surface area contributed by atoms with Crippen molar-refractivity contribution in [1.82, 2.24) is 9.88 Å². The highest BCUT2D eigenvalue weighted by Crippen LogP contribution is 2.23. The predicted octanol–water partition coefficient (Wildman–Crippen LogP) is 2.84. The van der Waals surface area contributed by atoms with Crippen LogP contribution in [-0.4, -0.2) is 22.8 Å². The van der Waals surface area contributed by atoms with Crippen LogP contribution in [0.1, 0.15) is 33.5 Å². The maximum atomic E-state index is 12.5. The first kappa shape index (κ1) is 12.9. The van der Waals surface area contributed by atoms with Crippen LogP contribution in [0.15, 0.2) is 42.7 Å². The Balaban J connectivity index is 1.75. The Labute approximate surface area is 119 Å². The monoisotopic (exact) mass is 266 g/mol. The largest absolute Gasteiger partial charge is 0.337 e. The van der Waals surface area contributed by atoms with Gasteiger partial charge in [-0.25, -0.2) is 0 Å². The number of aryl methyl sites for hydroxylation is 2. The summed E-state index contributed by atoms with van der Waals surface area (Å²) in [6.45, 7) is 0.587. The van der Waals surface area contributed by atoms with Gasteiger partial charge >= 0.3 is 0 Å². The molecule has 3 rings (SSSR count). The summed E-state index contributed by atoms with van der Waals surface area (Å²) in [5.41, 5.74) is 4.57. The van der Waals surface area contributed by atoms with Crippen molar-refractivity contribution in [3.63, 3.8) is 0 Å². The van der Waals surface area contributed by atoms with Crippen molar-refractivity contribution < 1.29 is 4.79 Å². The van der Waals surface area contributed by atoms with Crippen LogP contribution in [0.2, 0.25) is 0 Å². The van der Waals surface area contributed by atoms with E-state index in [4.69, 9.17) is 0 Å². The molecule has 1 aromatic heterocycles. The Morgan fingerprint density at radius 1 is 1.25 bits per heavy atom. The molecule has 1 aliphatic rings. The van der Waals surface area contributed by atoms with Crippen LogP contribution in [0.5, 0.6) is 0 Å². The van der Waals surface area contributed by atoms with Crippen LogP contribution in [0.3, 0.4) is 0 Å². The highest BCUT2D eigenvalue weighted by Gasteiger charge is 2.16. The molecule has 0 atom stereocenters. The molecule has 20 heavy (non-hydrogen) atoms. The van der Waals surface area contributed by atoms with Gasteiger partial charge in [-0.2, -0.15) is 0 Å². The number of hydrogen-bond donors (Lipinski definition) is 0. The van der Waals surface area contributed by atoms with Gasteiger partial charge in [-0.15, -0.1) is 0 Å². The standard InChI is InChI=1S/C17H18N2O/c1-19(12-13-4-3-9-18-11-13)17(20)16-8-7-14-5-2-6-15(14)10-16/h3-4,7-11H,2,5-6,12H2,1H3. The number of amides is 1. The fourth-order valence-corrected chi connectivity index (χ4v) is 2.76. The van der Waals surface area contributed by atoms with Crippen molar-refractivity contribution in [1.29, 1.82) is 0 Å². The molecular weight excluding hydrogens is 248 g/mol. The molecule has 0 saturated heterocycles. The first-order valence-electron chi connectivity index (χ1n) is 7.00. The predicted molar refractivity (Wildman–Crippen MR) is 78.5 cm³/mol. The molecule has 0 radical (unpaired) electrons. The van der Waals surface area contributed by atoms with E-state index in [1.54, 1.807) is 17.3 Å². The maximum absolute atomic E-state index is 12.5. The summed E-state index contributed by atoms with van der Waals surface area (Å²) in [5.74, 6) is 0.0727. The third kappa shape index (κ3) is 2.57. The van der Waals surface area contributed by atoms with Crippen LogP contribution in [-0.2, 0) is 19.4 Å². The van der Waals surface area contributed by atoms with E-state index in [-0.39, 0.29) is 5.91 Å². The molecule has 0 saturated carbocycles. The number of aromatic nitrogens is 1. The van der Waals surface area contributed by atoms with Gasteiger partial charge < -0.3 is 4.90 Å². The van der Waals surface area contributed by atoms with Gasteiger partial charge in [0.05, 0.1) is 0 Å². The Bertz CT molecular complexity index is 622. The molecule has 102 valence electrons. The third-order valence-corrected chi connectivity index (χ3v) is 3.83. The van der Waals surface area contributed by atoms with Crippen LogP contribution >= 0.6 is 0 Å². The summed E-state index contributed by atoms with van der Waals surface area (Å²) in [7, 11) is 1.84. The molecule has 0 fully saturated rings. The molecule has 0 N–H and O–H groups in total. The highest BCUT2D eigenvalue weighted by atomic mass is 16.2. The lowest BCUT2D eigenvalue weighted by Gasteiger charge is -2.17. The van der Waals surface area contributed by atoms with Gasteiger partial charge in [-0.3, -0.25) is 9.78 Å². The molecule has 1 aliphatic carbocycles. The number of pyridine rings is 1. The number of carbonyl (C=O) groups excluding carboxylic acids is 1. The number of fused-ring (bicyclic) bond motifs is 1. The van der Waals surface area contributed by atoms with Crippen molar-refractivity contribution in [2.24, 2.45) is 0 Å². The SMILES string of the molecule is CN(Cc1cccnc1)C(=O)c1ccc2c(c1)CCC2. The second-order valence-corrected chi connectivity index (χ2v) is 5.36. The van der Waals surface area contributed by atoms with Crippen molar-refractivity contribution >= 4 is 5.91 Å². The van der Waals surface area contributed by atoms with Crippen LogP contribution in [0.25, 0.3) is 0 Å².